The van der Waals surface area contributed by atoms with Gasteiger partial charge in [0.05, 0.1) is 20.3 Å². The average Bonchev–Trinajstić information content (AvgIpc) is 2.87. The lowest BCUT2D eigenvalue weighted by Gasteiger charge is -2.42. The van der Waals surface area contributed by atoms with Gasteiger partial charge in [-0.1, -0.05) is 54.6 Å². The third kappa shape index (κ3) is 4.28. The molecule has 0 spiro atoms. The Bertz CT molecular complexity index is 1180. The van der Waals surface area contributed by atoms with Gasteiger partial charge in [0.2, 0.25) is 5.91 Å². The van der Waals surface area contributed by atoms with E-state index in [4.69, 9.17) is 9.47 Å². The van der Waals surface area contributed by atoms with E-state index in [-0.39, 0.29) is 18.0 Å². The molecule has 2 aliphatic rings. The Morgan fingerprint density at radius 2 is 1.47 bits per heavy atom. The standard InChI is InChI=1S/C29H32N2O3/c1-20-13-24-15-27(33-2)28(34-3)16-25(24)19-31(20)29(32)26-14-22-11-7-8-12-23(22)18-30(26)17-21-9-5-4-6-10-21/h4-12,15-16,20,26H,13-14,17-19H2,1-3H3/t20-,26?/m0/s1. The smallest absolute Gasteiger partial charge is 0.240 e. The van der Waals surface area contributed by atoms with Crippen molar-refractivity contribution in [3.63, 3.8) is 0 Å². The highest BCUT2D eigenvalue weighted by molar-refractivity contribution is 5.83. The zero-order valence-corrected chi connectivity index (χ0v) is 20.2. The predicted molar refractivity (Wildman–Crippen MR) is 133 cm³/mol. The predicted octanol–water partition coefficient (Wildman–Crippen LogP) is 4.60. The van der Waals surface area contributed by atoms with E-state index in [1.807, 2.05) is 12.1 Å². The number of hydrogen-bond acceptors (Lipinski definition) is 4. The summed E-state index contributed by atoms with van der Waals surface area (Å²) in [4.78, 5) is 18.5. The highest BCUT2D eigenvalue weighted by Gasteiger charge is 2.37. The lowest BCUT2D eigenvalue weighted by molar-refractivity contribution is -0.141. The molecule has 5 heteroatoms. The number of benzene rings is 3. The van der Waals surface area contributed by atoms with Crippen molar-refractivity contribution in [2.75, 3.05) is 14.2 Å². The van der Waals surface area contributed by atoms with Crippen molar-refractivity contribution < 1.29 is 14.3 Å². The summed E-state index contributed by atoms with van der Waals surface area (Å²) < 4.78 is 11.0. The van der Waals surface area contributed by atoms with Crippen LogP contribution in [0.1, 0.15) is 34.7 Å². The number of nitrogens with zero attached hydrogens (tertiary/aromatic N) is 2. The molecule has 3 aromatic rings. The molecule has 0 saturated carbocycles. The van der Waals surface area contributed by atoms with E-state index in [1.165, 1.54) is 22.3 Å². The molecule has 34 heavy (non-hydrogen) atoms. The molecule has 3 aromatic carbocycles. The fourth-order valence-corrected chi connectivity index (χ4v) is 5.36. The zero-order chi connectivity index (χ0) is 23.7. The van der Waals surface area contributed by atoms with Crippen molar-refractivity contribution in [1.82, 2.24) is 9.80 Å². The van der Waals surface area contributed by atoms with Crippen LogP contribution in [0.3, 0.4) is 0 Å². The molecule has 0 aliphatic carbocycles. The van der Waals surface area contributed by atoms with Gasteiger partial charge in [0, 0.05) is 25.7 Å². The normalized spacial score (nSPS) is 19.8. The fourth-order valence-electron chi connectivity index (χ4n) is 5.36. The Labute approximate surface area is 201 Å². The maximum atomic E-state index is 14.1. The zero-order valence-electron chi connectivity index (χ0n) is 20.2. The summed E-state index contributed by atoms with van der Waals surface area (Å²) in [5.41, 5.74) is 6.19. The monoisotopic (exact) mass is 456 g/mol. The Hall–Kier alpha value is -3.31. The number of fused-ring (bicyclic) bond motifs is 2. The van der Waals surface area contributed by atoms with E-state index in [0.717, 1.165) is 37.2 Å². The summed E-state index contributed by atoms with van der Waals surface area (Å²) >= 11 is 0. The van der Waals surface area contributed by atoms with Crippen LogP contribution in [0, 0.1) is 0 Å². The molecule has 1 unspecified atom stereocenters. The van der Waals surface area contributed by atoms with Crippen LogP contribution in [0.4, 0.5) is 0 Å². The minimum atomic E-state index is -0.181. The van der Waals surface area contributed by atoms with Gasteiger partial charge in [-0.3, -0.25) is 9.69 Å². The molecule has 2 aliphatic heterocycles. The van der Waals surface area contributed by atoms with Crippen LogP contribution in [-0.2, 0) is 37.3 Å². The first-order valence-electron chi connectivity index (χ1n) is 12.0. The number of carbonyl (C=O) groups excluding carboxylic acids is 1. The summed E-state index contributed by atoms with van der Waals surface area (Å²) in [6.07, 6.45) is 1.55. The lowest BCUT2D eigenvalue weighted by atomic mass is 9.90. The highest BCUT2D eigenvalue weighted by Crippen LogP contribution is 2.36. The topological polar surface area (TPSA) is 42.0 Å². The maximum absolute atomic E-state index is 14.1. The van der Waals surface area contributed by atoms with Gasteiger partial charge in [0.15, 0.2) is 11.5 Å². The average molecular weight is 457 g/mol. The SMILES string of the molecule is COc1cc2c(cc1OC)CN(C(=O)C1Cc3ccccc3CN1Cc1ccccc1)[C@@H](C)C2. The van der Waals surface area contributed by atoms with Crippen molar-refractivity contribution in [2.45, 2.75) is 51.5 Å². The van der Waals surface area contributed by atoms with Gasteiger partial charge < -0.3 is 14.4 Å². The first-order chi connectivity index (χ1) is 16.6. The molecule has 1 amide bonds. The number of amides is 1. The van der Waals surface area contributed by atoms with Crippen LogP contribution in [0.15, 0.2) is 66.7 Å². The first kappa shape index (κ1) is 22.5. The van der Waals surface area contributed by atoms with Crippen molar-refractivity contribution in [2.24, 2.45) is 0 Å². The van der Waals surface area contributed by atoms with Crippen molar-refractivity contribution >= 4 is 5.91 Å². The van der Waals surface area contributed by atoms with Gasteiger partial charge in [0.1, 0.15) is 0 Å². The minimum Gasteiger partial charge on any atom is -0.493 e. The van der Waals surface area contributed by atoms with E-state index >= 15 is 0 Å². The van der Waals surface area contributed by atoms with E-state index < -0.39 is 0 Å². The Morgan fingerprint density at radius 1 is 0.824 bits per heavy atom. The highest BCUT2D eigenvalue weighted by atomic mass is 16.5. The molecule has 5 nitrogen and oxygen atoms in total. The number of carbonyl (C=O) groups is 1. The van der Waals surface area contributed by atoms with Gasteiger partial charge in [-0.15, -0.1) is 0 Å². The minimum absolute atomic E-state index is 0.119. The molecule has 5 rings (SSSR count). The summed E-state index contributed by atoms with van der Waals surface area (Å²) in [5.74, 6) is 1.66. The first-order valence-corrected chi connectivity index (χ1v) is 12.0. The maximum Gasteiger partial charge on any atom is 0.240 e. The largest absolute Gasteiger partial charge is 0.493 e. The molecule has 0 N–H and O–H groups in total. The third-order valence-corrected chi connectivity index (χ3v) is 7.24. The second-order valence-corrected chi connectivity index (χ2v) is 9.37. The van der Waals surface area contributed by atoms with Gasteiger partial charge in [-0.25, -0.2) is 0 Å². The lowest BCUT2D eigenvalue weighted by Crippen LogP contribution is -2.54. The quantitative estimate of drug-likeness (QED) is 0.563. The molecule has 176 valence electrons. The van der Waals surface area contributed by atoms with Crippen LogP contribution in [0.2, 0.25) is 0 Å². The Balaban J connectivity index is 1.44. The van der Waals surface area contributed by atoms with Crippen LogP contribution in [0.25, 0.3) is 0 Å². The molecule has 0 aromatic heterocycles. The molecule has 2 atom stereocenters. The third-order valence-electron chi connectivity index (χ3n) is 7.24. The van der Waals surface area contributed by atoms with E-state index in [9.17, 15) is 4.79 Å². The summed E-state index contributed by atoms with van der Waals surface area (Å²) in [5, 5.41) is 0. The second-order valence-electron chi connectivity index (χ2n) is 9.37. The van der Waals surface area contributed by atoms with Crippen molar-refractivity contribution in [3.05, 3.63) is 94.5 Å². The number of ether oxygens (including phenoxy) is 2. The second kappa shape index (κ2) is 9.51. The molecule has 0 fully saturated rings. The number of methoxy groups -OCH3 is 2. The molecular formula is C29H32N2O3. The van der Waals surface area contributed by atoms with Crippen molar-refractivity contribution in [3.8, 4) is 11.5 Å². The van der Waals surface area contributed by atoms with Gasteiger partial charge >= 0.3 is 0 Å². The van der Waals surface area contributed by atoms with E-state index in [2.05, 4.69) is 71.3 Å². The summed E-state index contributed by atoms with van der Waals surface area (Å²) in [7, 11) is 3.31. The number of rotatable bonds is 5. The van der Waals surface area contributed by atoms with Crippen LogP contribution < -0.4 is 9.47 Å². The summed E-state index contributed by atoms with van der Waals surface area (Å²) in [6, 6.07) is 23.0. The molecule has 0 bridgehead atoms. The van der Waals surface area contributed by atoms with Gasteiger partial charge in [0.25, 0.3) is 0 Å². The summed E-state index contributed by atoms with van der Waals surface area (Å²) in [6.45, 7) is 4.28. The van der Waals surface area contributed by atoms with E-state index in [1.54, 1.807) is 14.2 Å². The molecule has 2 heterocycles. The Kier molecular flexibility index (Phi) is 6.29. The molecular weight excluding hydrogens is 424 g/mol. The molecule has 0 saturated heterocycles. The fraction of sp³-hybridized carbons (Fsp3) is 0.345. The van der Waals surface area contributed by atoms with Crippen LogP contribution in [-0.4, -0.2) is 42.0 Å². The molecule has 0 radical (unpaired) electrons. The van der Waals surface area contributed by atoms with Crippen LogP contribution in [0.5, 0.6) is 11.5 Å². The van der Waals surface area contributed by atoms with E-state index in [0.29, 0.717) is 12.3 Å². The van der Waals surface area contributed by atoms with Gasteiger partial charge in [-0.2, -0.15) is 0 Å². The Morgan fingerprint density at radius 3 is 2.18 bits per heavy atom. The van der Waals surface area contributed by atoms with Crippen LogP contribution >= 0.6 is 0 Å². The van der Waals surface area contributed by atoms with Crippen molar-refractivity contribution in [1.29, 1.82) is 0 Å². The van der Waals surface area contributed by atoms with Gasteiger partial charge in [-0.05, 0) is 59.7 Å². The number of hydrogen-bond donors (Lipinski definition) is 0.